The van der Waals surface area contributed by atoms with Crippen molar-refractivity contribution in [2.75, 3.05) is 0 Å². The van der Waals surface area contributed by atoms with Gasteiger partial charge in [-0.2, -0.15) is 0 Å². The van der Waals surface area contributed by atoms with Gasteiger partial charge in [-0.05, 0) is 38.0 Å². The van der Waals surface area contributed by atoms with Gasteiger partial charge in [0.15, 0.2) is 11.6 Å². The fraction of sp³-hybridized carbons (Fsp3) is 0.647. The number of carbonyl (C=O) groups is 2. The first kappa shape index (κ1) is 19.7. The molecule has 0 aliphatic carbocycles. The van der Waals surface area contributed by atoms with Gasteiger partial charge in [-0.25, -0.2) is 8.78 Å². The lowest BCUT2D eigenvalue weighted by molar-refractivity contribution is -0.122. The van der Waals surface area contributed by atoms with Crippen molar-refractivity contribution in [1.82, 2.24) is 0 Å². The van der Waals surface area contributed by atoms with Crippen molar-refractivity contribution in [2.24, 2.45) is 10.8 Å². The maximum atomic E-state index is 12.1. The molecule has 0 saturated carbocycles. The van der Waals surface area contributed by atoms with E-state index in [2.05, 4.69) is 0 Å². The van der Waals surface area contributed by atoms with Crippen LogP contribution in [0.15, 0.2) is 23.8 Å². The number of hydrogen-bond donors (Lipinski definition) is 0. The van der Waals surface area contributed by atoms with Gasteiger partial charge in [0, 0.05) is 10.8 Å². The Kier molecular flexibility index (Phi) is 7.14. The van der Waals surface area contributed by atoms with E-state index in [0.717, 1.165) is 11.6 Å². The molecule has 0 fully saturated rings. The normalized spacial score (nSPS) is 14.0. The van der Waals surface area contributed by atoms with Crippen LogP contribution in [0.4, 0.5) is 8.78 Å². The van der Waals surface area contributed by atoms with Gasteiger partial charge < -0.3 is 0 Å². The fourth-order valence-corrected chi connectivity index (χ4v) is 1.53. The number of hydrogen-bond acceptors (Lipinski definition) is 2. The Bertz CT molecular complexity index is 438. The molecule has 0 heterocycles. The van der Waals surface area contributed by atoms with Gasteiger partial charge in [0.1, 0.15) is 0 Å². The Morgan fingerprint density at radius 2 is 1.57 bits per heavy atom. The summed E-state index contributed by atoms with van der Waals surface area (Å²) in [7, 11) is 0. The molecule has 0 bridgehead atoms. The summed E-state index contributed by atoms with van der Waals surface area (Å²) in [5.74, 6) is -0.278. The lowest BCUT2D eigenvalue weighted by Gasteiger charge is -2.21. The molecule has 0 aromatic heterocycles. The number of ketones is 2. The second-order valence-electron chi connectivity index (χ2n) is 7.05. The molecule has 0 radical (unpaired) electrons. The van der Waals surface area contributed by atoms with Crippen molar-refractivity contribution in [3.05, 3.63) is 23.8 Å². The highest BCUT2D eigenvalue weighted by Crippen LogP contribution is 2.27. The van der Waals surface area contributed by atoms with Gasteiger partial charge in [-0.15, -0.1) is 0 Å². The summed E-state index contributed by atoms with van der Waals surface area (Å²) in [6, 6.07) is 0. The van der Waals surface area contributed by atoms with Crippen molar-refractivity contribution in [1.29, 1.82) is 0 Å². The predicted octanol–water partition coefficient (Wildman–Crippen LogP) is 4.74. The summed E-state index contributed by atoms with van der Waals surface area (Å²) in [5.41, 5.74) is -0.244. The van der Waals surface area contributed by atoms with E-state index in [0.29, 0.717) is 18.9 Å². The summed E-state index contributed by atoms with van der Waals surface area (Å²) in [5, 5.41) is 0. The maximum Gasteiger partial charge on any atom is 0.257 e. The SMILES string of the molecule is C/C(=C\C(=O)C(C)(C)C)CCC(C)(C)C(=O)/C=C/C(F)F. The van der Waals surface area contributed by atoms with Crippen LogP contribution in [0.25, 0.3) is 0 Å². The Morgan fingerprint density at radius 3 is 2.00 bits per heavy atom. The number of halogens is 2. The molecule has 0 saturated heterocycles. The molecule has 21 heavy (non-hydrogen) atoms. The summed E-state index contributed by atoms with van der Waals surface area (Å²) in [6.07, 6.45) is 1.65. The molecule has 120 valence electrons. The van der Waals surface area contributed by atoms with Crippen LogP contribution in [0, 0.1) is 10.8 Å². The van der Waals surface area contributed by atoms with E-state index >= 15 is 0 Å². The molecule has 0 atom stereocenters. The molecule has 2 nitrogen and oxygen atoms in total. The molecular weight excluding hydrogens is 274 g/mol. The topological polar surface area (TPSA) is 34.1 Å². The second kappa shape index (κ2) is 7.62. The van der Waals surface area contributed by atoms with Crippen LogP contribution in [-0.4, -0.2) is 18.0 Å². The van der Waals surface area contributed by atoms with Crippen LogP contribution in [0.3, 0.4) is 0 Å². The van der Waals surface area contributed by atoms with Gasteiger partial charge in [0.2, 0.25) is 0 Å². The molecular formula is C17H26F2O2. The zero-order chi connectivity index (χ0) is 16.8. The standard InChI is InChI=1S/C17H26F2O2/c1-12(11-14(21)16(2,3)4)9-10-17(5,6)13(20)7-8-15(18)19/h7-8,11,15H,9-10H2,1-6H3/b8-7+,12-11+. The Hall–Kier alpha value is -1.32. The molecule has 0 N–H and O–H groups in total. The molecule has 0 aromatic carbocycles. The average molecular weight is 300 g/mol. The lowest BCUT2D eigenvalue weighted by Crippen LogP contribution is -2.23. The minimum Gasteiger partial charge on any atom is -0.294 e. The second-order valence-corrected chi connectivity index (χ2v) is 7.05. The Labute approximate surface area is 126 Å². The quantitative estimate of drug-likeness (QED) is 0.636. The molecule has 0 aromatic rings. The van der Waals surface area contributed by atoms with Crippen molar-refractivity contribution in [3.8, 4) is 0 Å². The van der Waals surface area contributed by atoms with Crippen LogP contribution in [0.1, 0.15) is 54.4 Å². The highest BCUT2D eigenvalue weighted by Gasteiger charge is 2.25. The molecule has 4 heteroatoms. The van der Waals surface area contributed by atoms with E-state index in [9.17, 15) is 18.4 Å². The summed E-state index contributed by atoms with van der Waals surface area (Å²) in [4.78, 5) is 23.7. The van der Waals surface area contributed by atoms with E-state index in [1.165, 1.54) is 0 Å². The van der Waals surface area contributed by atoms with Crippen molar-refractivity contribution in [2.45, 2.75) is 60.8 Å². The van der Waals surface area contributed by atoms with Crippen molar-refractivity contribution >= 4 is 11.6 Å². The molecule has 0 rings (SSSR count). The van der Waals surface area contributed by atoms with Crippen LogP contribution in [-0.2, 0) is 9.59 Å². The molecule has 0 aliphatic rings. The molecule has 0 amide bonds. The van der Waals surface area contributed by atoms with Crippen LogP contribution in [0.5, 0.6) is 0 Å². The Morgan fingerprint density at radius 1 is 1.05 bits per heavy atom. The number of alkyl halides is 2. The van der Waals surface area contributed by atoms with Crippen molar-refractivity contribution in [3.63, 3.8) is 0 Å². The zero-order valence-electron chi connectivity index (χ0n) is 13.8. The first-order valence-electron chi connectivity index (χ1n) is 7.08. The predicted molar refractivity (Wildman–Crippen MR) is 81.4 cm³/mol. The highest BCUT2D eigenvalue weighted by molar-refractivity contribution is 5.95. The van der Waals surface area contributed by atoms with E-state index in [-0.39, 0.29) is 11.6 Å². The summed E-state index contributed by atoms with van der Waals surface area (Å²) in [6.45, 7) is 10.8. The first-order valence-corrected chi connectivity index (χ1v) is 7.08. The fourth-order valence-electron chi connectivity index (χ4n) is 1.53. The van der Waals surface area contributed by atoms with E-state index in [1.807, 2.05) is 27.7 Å². The van der Waals surface area contributed by atoms with Crippen molar-refractivity contribution < 1.29 is 18.4 Å². The first-order chi connectivity index (χ1) is 9.36. The summed E-state index contributed by atoms with van der Waals surface area (Å²) >= 11 is 0. The molecule has 0 spiro atoms. The zero-order valence-corrected chi connectivity index (χ0v) is 13.8. The van der Waals surface area contributed by atoms with E-state index < -0.39 is 17.3 Å². The largest absolute Gasteiger partial charge is 0.294 e. The van der Waals surface area contributed by atoms with Crippen LogP contribution in [0.2, 0.25) is 0 Å². The van der Waals surface area contributed by atoms with Gasteiger partial charge in [0.25, 0.3) is 6.43 Å². The minimum atomic E-state index is -2.62. The van der Waals surface area contributed by atoms with Crippen LogP contribution >= 0.6 is 0 Å². The van der Waals surface area contributed by atoms with E-state index in [1.54, 1.807) is 19.9 Å². The minimum absolute atomic E-state index is 0.0433. The summed E-state index contributed by atoms with van der Waals surface area (Å²) < 4.78 is 24.1. The maximum absolute atomic E-state index is 12.1. The van der Waals surface area contributed by atoms with Gasteiger partial charge >= 0.3 is 0 Å². The lowest BCUT2D eigenvalue weighted by atomic mass is 9.81. The smallest absolute Gasteiger partial charge is 0.257 e. The number of carbonyl (C=O) groups excluding carboxylic acids is 2. The molecule has 0 aliphatic heterocycles. The highest BCUT2D eigenvalue weighted by atomic mass is 19.3. The van der Waals surface area contributed by atoms with Crippen LogP contribution < -0.4 is 0 Å². The molecule has 0 unspecified atom stereocenters. The third-order valence-electron chi connectivity index (χ3n) is 3.32. The van der Waals surface area contributed by atoms with E-state index in [4.69, 9.17) is 0 Å². The number of allylic oxidation sites excluding steroid dienone is 4. The van der Waals surface area contributed by atoms with Gasteiger partial charge in [0.05, 0.1) is 0 Å². The third-order valence-corrected chi connectivity index (χ3v) is 3.32. The Balaban J connectivity index is 4.66. The third kappa shape index (κ3) is 7.88. The monoisotopic (exact) mass is 300 g/mol. The average Bonchev–Trinajstić information content (AvgIpc) is 2.32. The van der Waals surface area contributed by atoms with Gasteiger partial charge in [-0.3, -0.25) is 9.59 Å². The van der Waals surface area contributed by atoms with Gasteiger partial charge in [-0.1, -0.05) is 40.2 Å². The number of rotatable bonds is 7.